The fraction of sp³-hybridized carbons (Fsp3) is 0.318. The summed E-state index contributed by atoms with van der Waals surface area (Å²) in [6.45, 7) is 3.71. The first kappa shape index (κ1) is 21.4. The molecule has 3 heterocycles. The van der Waals surface area contributed by atoms with Gasteiger partial charge in [-0.1, -0.05) is 18.2 Å². The van der Waals surface area contributed by atoms with Gasteiger partial charge in [-0.25, -0.2) is 4.98 Å². The zero-order chi connectivity index (χ0) is 22.7. The van der Waals surface area contributed by atoms with E-state index in [1.807, 2.05) is 24.3 Å². The van der Waals surface area contributed by atoms with E-state index >= 15 is 0 Å². The van der Waals surface area contributed by atoms with Gasteiger partial charge in [0.1, 0.15) is 13.2 Å². The number of rotatable bonds is 6. The standard InChI is InChI=1S/C22H23N5O5/c1-14-17(7-8-19(23-14)31-10-9-28)22(30)27-13-21(29)26(12-20-25-24-15(2)32-20)11-16-5-3-4-6-18(16)27/h3-8,28H,9-13H2,1-2H3. The third-order valence-corrected chi connectivity index (χ3v) is 5.06. The number of anilines is 1. The van der Waals surface area contributed by atoms with E-state index in [1.54, 1.807) is 30.9 Å². The number of benzene rings is 1. The lowest BCUT2D eigenvalue weighted by Gasteiger charge is -2.23. The average molecular weight is 437 g/mol. The Bertz CT molecular complexity index is 1150. The van der Waals surface area contributed by atoms with E-state index in [0.717, 1.165) is 5.56 Å². The zero-order valence-electron chi connectivity index (χ0n) is 17.8. The van der Waals surface area contributed by atoms with Crippen LogP contribution in [0.5, 0.6) is 5.88 Å². The van der Waals surface area contributed by atoms with E-state index in [-0.39, 0.29) is 38.1 Å². The summed E-state index contributed by atoms with van der Waals surface area (Å²) >= 11 is 0. The zero-order valence-corrected chi connectivity index (χ0v) is 17.8. The van der Waals surface area contributed by atoms with Gasteiger partial charge >= 0.3 is 0 Å². The smallest absolute Gasteiger partial charge is 0.260 e. The SMILES string of the molecule is Cc1nnc(CN2Cc3ccccc3N(C(=O)c3ccc(OCCO)nc3C)CC2=O)o1. The van der Waals surface area contributed by atoms with Gasteiger partial charge in [0, 0.05) is 25.2 Å². The Labute approximate surface area is 184 Å². The summed E-state index contributed by atoms with van der Waals surface area (Å²) in [5.41, 5.74) is 2.33. The third-order valence-electron chi connectivity index (χ3n) is 5.06. The van der Waals surface area contributed by atoms with Crippen molar-refractivity contribution >= 4 is 17.5 Å². The molecule has 1 N–H and O–H groups in total. The second-order valence-corrected chi connectivity index (χ2v) is 7.34. The summed E-state index contributed by atoms with van der Waals surface area (Å²) in [4.78, 5) is 33.9. The number of hydrogen-bond donors (Lipinski definition) is 1. The van der Waals surface area contributed by atoms with Gasteiger partial charge in [0.05, 0.1) is 24.4 Å². The molecule has 0 atom stereocenters. The first-order valence-corrected chi connectivity index (χ1v) is 10.1. The van der Waals surface area contributed by atoms with Gasteiger partial charge in [0.15, 0.2) is 0 Å². The molecule has 0 saturated heterocycles. The Balaban J connectivity index is 1.63. The van der Waals surface area contributed by atoms with Crippen molar-refractivity contribution in [3.05, 3.63) is 65.0 Å². The van der Waals surface area contributed by atoms with Crippen molar-refractivity contribution in [2.24, 2.45) is 0 Å². The van der Waals surface area contributed by atoms with Crippen LogP contribution < -0.4 is 9.64 Å². The number of pyridine rings is 1. The molecule has 32 heavy (non-hydrogen) atoms. The summed E-state index contributed by atoms with van der Waals surface area (Å²) in [6, 6.07) is 10.6. The van der Waals surface area contributed by atoms with E-state index in [9.17, 15) is 9.59 Å². The van der Waals surface area contributed by atoms with Gasteiger partial charge in [-0.2, -0.15) is 0 Å². The molecule has 0 radical (unpaired) electrons. The van der Waals surface area contributed by atoms with Crippen LogP contribution in [-0.4, -0.2) is 56.8 Å². The normalized spacial score (nSPS) is 13.7. The number of ether oxygens (including phenoxy) is 1. The maximum atomic E-state index is 13.5. The molecule has 166 valence electrons. The lowest BCUT2D eigenvalue weighted by molar-refractivity contribution is -0.131. The number of aliphatic hydroxyl groups is 1. The molecule has 0 unspecified atom stereocenters. The van der Waals surface area contributed by atoms with Crippen LogP contribution in [0.2, 0.25) is 0 Å². The van der Waals surface area contributed by atoms with Crippen molar-refractivity contribution < 1.29 is 23.8 Å². The van der Waals surface area contributed by atoms with Gasteiger partial charge in [0.25, 0.3) is 5.91 Å². The number of aryl methyl sites for hydroxylation is 2. The maximum Gasteiger partial charge on any atom is 0.260 e. The van der Waals surface area contributed by atoms with Crippen LogP contribution in [0.25, 0.3) is 0 Å². The summed E-state index contributed by atoms with van der Waals surface area (Å²) in [7, 11) is 0. The molecule has 0 aliphatic carbocycles. The fourth-order valence-corrected chi connectivity index (χ4v) is 3.55. The molecule has 4 rings (SSSR count). The molecule has 2 aromatic heterocycles. The summed E-state index contributed by atoms with van der Waals surface area (Å²) in [5, 5.41) is 16.7. The van der Waals surface area contributed by atoms with Crippen LogP contribution >= 0.6 is 0 Å². The number of aliphatic hydroxyl groups excluding tert-OH is 1. The lowest BCUT2D eigenvalue weighted by Crippen LogP contribution is -2.40. The number of amides is 2. The summed E-state index contributed by atoms with van der Waals surface area (Å²) in [5.74, 6) is 0.515. The summed E-state index contributed by atoms with van der Waals surface area (Å²) in [6.07, 6.45) is 0. The molecule has 10 nitrogen and oxygen atoms in total. The van der Waals surface area contributed by atoms with Gasteiger partial charge < -0.3 is 19.2 Å². The first-order valence-electron chi connectivity index (χ1n) is 10.1. The Morgan fingerprint density at radius 3 is 2.69 bits per heavy atom. The van der Waals surface area contributed by atoms with Gasteiger partial charge in [-0.3, -0.25) is 14.5 Å². The summed E-state index contributed by atoms with van der Waals surface area (Å²) < 4.78 is 10.7. The molecule has 2 amide bonds. The van der Waals surface area contributed by atoms with Crippen molar-refractivity contribution in [2.45, 2.75) is 26.9 Å². The minimum absolute atomic E-state index is 0.114. The van der Waals surface area contributed by atoms with Crippen LogP contribution in [0.4, 0.5) is 5.69 Å². The Hall–Kier alpha value is -3.79. The van der Waals surface area contributed by atoms with E-state index in [1.165, 1.54) is 4.90 Å². The van der Waals surface area contributed by atoms with Crippen LogP contribution in [-0.2, 0) is 17.9 Å². The molecule has 1 aliphatic rings. The predicted octanol–water partition coefficient (Wildman–Crippen LogP) is 1.64. The van der Waals surface area contributed by atoms with Gasteiger partial charge in [0.2, 0.25) is 23.6 Å². The maximum absolute atomic E-state index is 13.5. The quantitative estimate of drug-likeness (QED) is 0.618. The Morgan fingerprint density at radius 2 is 1.97 bits per heavy atom. The minimum Gasteiger partial charge on any atom is -0.475 e. The van der Waals surface area contributed by atoms with Crippen molar-refractivity contribution in [1.82, 2.24) is 20.1 Å². The number of carbonyl (C=O) groups excluding carboxylic acids is 2. The number of aromatic nitrogens is 3. The van der Waals surface area contributed by atoms with Crippen molar-refractivity contribution in [3.8, 4) is 5.88 Å². The minimum atomic E-state index is -0.333. The highest BCUT2D eigenvalue weighted by Crippen LogP contribution is 2.28. The number of carbonyl (C=O) groups is 2. The van der Waals surface area contributed by atoms with Crippen molar-refractivity contribution in [3.63, 3.8) is 0 Å². The van der Waals surface area contributed by atoms with Crippen LogP contribution in [0.1, 0.15) is 33.4 Å². The monoisotopic (exact) mass is 437 g/mol. The molecule has 10 heteroatoms. The van der Waals surface area contributed by atoms with E-state index in [2.05, 4.69) is 15.2 Å². The number of fused-ring (bicyclic) bond motifs is 1. The van der Waals surface area contributed by atoms with Gasteiger partial charge in [-0.05, 0) is 24.6 Å². The highest BCUT2D eigenvalue weighted by atomic mass is 16.5. The molecular formula is C22H23N5O5. The topological polar surface area (TPSA) is 122 Å². The molecule has 0 saturated carbocycles. The number of nitrogens with zero attached hydrogens (tertiary/aromatic N) is 5. The largest absolute Gasteiger partial charge is 0.475 e. The second-order valence-electron chi connectivity index (χ2n) is 7.34. The van der Waals surface area contributed by atoms with E-state index in [0.29, 0.717) is 41.2 Å². The number of hydrogen-bond acceptors (Lipinski definition) is 8. The fourth-order valence-electron chi connectivity index (χ4n) is 3.55. The second kappa shape index (κ2) is 9.15. The highest BCUT2D eigenvalue weighted by molar-refractivity contribution is 6.10. The Kier molecular flexibility index (Phi) is 6.13. The molecule has 0 fully saturated rings. The van der Waals surface area contributed by atoms with Crippen molar-refractivity contribution in [1.29, 1.82) is 0 Å². The average Bonchev–Trinajstić information content (AvgIpc) is 3.13. The first-order chi connectivity index (χ1) is 15.5. The molecule has 1 aliphatic heterocycles. The number of para-hydroxylation sites is 1. The van der Waals surface area contributed by atoms with E-state index < -0.39 is 0 Å². The third kappa shape index (κ3) is 4.45. The Morgan fingerprint density at radius 1 is 1.16 bits per heavy atom. The molecular weight excluding hydrogens is 414 g/mol. The van der Waals surface area contributed by atoms with Crippen LogP contribution in [0.15, 0.2) is 40.8 Å². The molecule has 0 spiro atoms. The molecule has 1 aromatic carbocycles. The van der Waals surface area contributed by atoms with Crippen molar-refractivity contribution in [2.75, 3.05) is 24.7 Å². The lowest BCUT2D eigenvalue weighted by atomic mass is 10.1. The predicted molar refractivity (Wildman–Crippen MR) is 113 cm³/mol. The van der Waals surface area contributed by atoms with Crippen LogP contribution in [0, 0.1) is 13.8 Å². The van der Waals surface area contributed by atoms with Gasteiger partial charge in [-0.15, -0.1) is 10.2 Å². The molecule has 0 bridgehead atoms. The highest BCUT2D eigenvalue weighted by Gasteiger charge is 2.31. The van der Waals surface area contributed by atoms with E-state index in [4.69, 9.17) is 14.3 Å². The van der Waals surface area contributed by atoms with Crippen LogP contribution in [0.3, 0.4) is 0 Å². The molecule has 3 aromatic rings.